The number of imide groups is 1. The molecule has 3 N–H and O–H groups in total. The van der Waals surface area contributed by atoms with Gasteiger partial charge in [-0.15, -0.1) is 5.06 Å². The first kappa shape index (κ1) is 22.4. The summed E-state index contributed by atoms with van der Waals surface area (Å²) in [5.74, 6) is -1.10. The van der Waals surface area contributed by atoms with E-state index >= 15 is 0 Å². The molecule has 0 unspecified atom stereocenters. The smallest absolute Gasteiger partial charge is 0.395 e. The van der Waals surface area contributed by atoms with E-state index in [0.29, 0.717) is 17.3 Å². The Morgan fingerprint density at radius 3 is 1.94 bits per heavy atom. The Hall–Kier alpha value is -4.43. The van der Waals surface area contributed by atoms with Crippen LogP contribution in [0.25, 0.3) is 32.7 Å². The van der Waals surface area contributed by atoms with E-state index in [9.17, 15) is 19.5 Å². The molecule has 0 aromatic heterocycles. The van der Waals surface area contributed by atoms with Crippen LogP contribution in [0.4, 0.5) is 16.2 Å². The van der Waals surface area contributed by atoms with Crippen molar-refractivity contribution in [3.63, 3.8) is 0 Å². The van der Waals surface area contributed by atoms with Gasteiger partial charge in [0.2, 0.25) is 0 Å². The fraction of sp³-hybridized carbons (Fsp3) is 0.148. The number of nitrogens with one attached hydrogen (secondary N) is 2. The average molecular weight is 469 g/mol. The highest BCUT2D eigenvalue weighted by atomic mass is 16.7. The maximum absolute atomic E-state index is 12.8. The number of hydrogen-bond donors (Lipinski definition) is 3. The third-order valence-corrected chi connectivity index (χ3v) is 5.95. The second-order valence-corrected chi connectivity index (χ2v) is 8.15. The third kappa shape index (κ3) is 4.27. The summed E-state index contributed by atoms with van der Waals surface area (Å²) < 4.78 is 0. The number of hydroxylamine groups is 2. The molecule has 1 aliphatic rings. The van der Waals surface area contributed by atoms with Crippen molar-refractivity contribution in [2.45, 2.75) is 12.8 Å². The van der Waals surface area contributed by atoms with E-state index in [-0.39, 0.29) is 19.4 Å². The number of amides is 3. The fourth-order valence-corrected chi connectivity index (χ4v) is 4.40. The number of hydrogen-bond acceptors (Lipinski definition) is 6. The summed E-state index contributed by atoms with van der Waals surface area (Å²) >= 11 is 0. The first-order valence-corrected chi connectivity index (χ1v) is 11.3. The lowest BCUT2D eigenvalue weighted by Gasteiger charge is -2.20. The predicted molar refractivity (Wildman–Crippen MR) is 134 cm³/mol. The van der Waals surface area contributed by atoms with Gasteiger partial charge < -0.3 is 15.3 Å². The molecule has 0 radical (unpaired) electrons. The normalized spacial score (nSPS) is 13.5. The Morgan fingerprint density at radius 1 is 0.800 bits per heavy atom. The molecule has 176 valence electrons. The van der Waals surface area contributed by atoms with Gasteiger partial charge in [-0.1, -0.05) is 60.7 Å². The van der Waals surface area contributed by atoms with E-state index in [0.717, 1.165) is 38.4 Å². The second kappa shape index (κ2) is 9.44. The zero-order valence-electron chi connectivity index (χ0n) is 18.8. The Kier molecular flexibility index (Phi) is 6.03. The number of aliphatic hydroxyl groups is 1. The quantitative estimate of drug-likeness (QED) is 0.354. The van der Waals surface area contributed by atoms with Gasteiger partial charge in [0.05, 0.1) is 12.3 Å². The highest BCUT2D eigenvalue weighted by Crippen LogP contribution is 2.43. The minimum absolute atomic E-state index is 0.0171. The summed E-state index contributed by atoms with van der Waals surface area (Å²) in [4.78, 5) is 41.6. The number of rotatable bonds is 6. The molecule has 0 spiro atoms. The van der Waals surface area contributed by atoms with Crippen LogP contribution >= 0.6 is 0 Å². The standard InChI is InChI=1S/C27H23N3O5/c31-16-15-28-21-11-9-17-5-1-3-7-19(17)25(21)26-20-8-4-2-6-18(20)10-12-22(26)29-27(34)35-30-23(32)13-14-24(30)33/h1-12,28,31H,13-16H2,(H,29,34). The zero-order valence-corrected chi connectivity index (χ0v) is 18.8. The van der Waals surface area contributed by atoms with Gasteiger partial charge in [-0.3, -0.25) is 14.9 Å². The molecule has 0 atom stereocenters. The van der Waals surface area contributed by atoms with E-state index in [1.807, 2.05) is 66.7 Å². The van der Waals surface area contributed by atoms with Crippen molar-refractivity contribution in [2.75, 3.05) is 23.8 Å². The van der Waals surface area contributed by atoms with Gasteiger partial charge in [0.15, 0.2) is 0 Å². The van der Waals surface area contributed by atoms with E-state index < -0.39 is 17.9 Å². The molecule has 4 aromatic carbocycles. The summed E-state index contributed by atoms with van der Waals surface area (Å²) in [5, 5.41) is 19.8. The molecule has 1 heterocycles. The van der Waals surface area contributed by atoms with Gasteiger partial charge in [-0.25, -0.2) is 4.79 Å². The molecular formula is C27H23N3O5. The average Bonchev–Trinajstić information content (AvgIpc) is 3.19. The summed E-state index contributed by atoms with van der Waals surface area (Å²) in [7, 11) is 0. The van der Waals surface area contributed by atoms with Crippen molar-refractivity contribution in [3.8, 4) is 11.1 Å². The second-order valence-electron chi connectivity index (χ2n) is 8.15. The van der Waals surface area contributed by atoms with Gasteiger partial charge in [-0.2, -0.15) is 0 Å². The van der Waals surface area contributed by atoms with Gasteiger partial charge in [-0.05, 0) is 33.7 Å². The van der Waals surface area contributed by atoms with Gasteiger partial charge in [0, 0.05) is 36.2 Å². The topological polar surface area (TPSA) is 108 Å². The lowest BCUT2D eigenvalue weighted by Crippen LogP contribution is -2.34. The Balaban J connectivity index is 1.67. The molecule has 8 nitrogen and oxygen atoms in total. The minimum atomic E-state index is -0.935. The Bertz CT molecular complexity index is 1450. The largest absolute Gasteiger partial charge is 0.436 e. The van der Waals surface area contributed by atoms with Crippen molar-refractivity contribution in [1.29, 1.82) is 0 Å². The van der Waals surface area contributed by atoms with Crippen LogP contribution in [0.3, 0.4) is 0 Å². The minimum Gasteiger partial charge on any atom is -0.395 e. The highest BCUT2D eigenvalue weighted by molar-refractivity contribution is 6.15. The predicted octanol–water partition coefficient (Wildman–Crippen LogP) is 4.68. The maximum Gasteiger partial charge on any atom is 0.436 e. The number of aliphatic hydroxyl groups excluding tert-OH is 1. The maximum atomic E-state index is 12.8. The number of carbonyl (C=O) groups excluding carboxylic acids is 3. The lowest BCUT2D eigenvalue weighted by atomic mass is 9.91. The fourth-order valence-electron chi connectivity index (χ4n) is 4.40. The Morgan fingerprint density at radius 2 is 1.34 bits per heavy atom. The Labute approximate surface area is 201 Å². The molecule has 1 aliphatic heterocycles. The summed E-state index contributed by atoms with van der Waals surface area (Å²) in [6, 6.07) is 23.3. The van der Waals surface area contributed by atoms with Crippen LogP contribution in [-0.4, -0.2) is 41.2 Å². The molecule has 1 fully saturated rings. The number of carbonyl (C=O) groups is 3. The van der Waals surface area contributed by atoms with Gasteiger partial charge in [0.1, 0.15) is 0 Å². The van der Waals surface area contributed by atoms with E-state index in [1.165, 1.54) is 0 Å². The number of nitrogens with zero attached hydrogens (tertiary/aromatic N) is 1. The number of benzene rings is 4. The van der Waals surface area contributed by atoms with E-state index in [4.69, 9.17) is 4.84 Å². The highest BCUT2D eigenvalue weighted by Gasteiger charge is 2.33. The zero-order chi connectivity index (χ0) is 24.4. The van der Waals surface area contributed by atoms with Crippen molar-refractivity contribution in [2.24, 2.45) is 0 Å². The van der Waals surface area contributed by atoms with Crippen LogP contribution in [0.2, 0.25) is 0 Å². The molecular weight excluding hydrogens is 446 g/mol. The summed E-state index contributed by atoms with van der Waals surface area (Å²) in [5.41, 5.74) is 2.83. The van der Waals surface area contributed by atoms with Crippen LogP contribution in [-0.2, 0) is 14.4 Å². The van der Waals surface area contributed by atoms with Crippen LogP contribution in [0, 0.1) is 0 Å². The molecule has 35 heavy (non-hydrogen) atoms. The molecule has 4 aromatic rings. The van der Waals surface area contributed by atoms with Crippen LogP contribution in [0.1, 0.15) is 12.8 Å². The van der Waals surface area contributed by atoms with Crippen molar-refractivity contribution in [3.05, 3.63) is 72.8 Å². The molecule has 1 saturated heterocycles. The monoisotopic (exact) mass is 469 g/mol. The lowest BCUT2D eigenvalue weighted by molar-refractivity contribution is -0.170. The van der Waals surface area contributed by atoms with Crippen LogP contribution in [0.5, 0.6) is 0 Å². The summed E-state index contributed by atoms with van der Waals surface area (Å²) in [6.45, 7) is 0.303. The molecule has 0 bridgehead atoms. The molecule has 8 heteroatoms. The third-order valence-electron chi connectivity index (χ3n) is 5.95. The van der Waals surface area contributed by atoms with Gasteiger partial charge in [0.25, 0.3) is 11.8 Å². The first-order chi connectivity index (χ1) is 17.1. The SMILES string of the molecule is O=C(Nc1ccc2ccccc2c1-c1c(NCCO)ccc2ccccc12)ON1C(=O)CCC1=O. The number of fused-ring (bicyclic) bond motifs is 2. The molecule has 0 aliphatic carbocycles. The molecule has 3 amide bonds. The van der Waals surface area contributed by atoms with Crippen LogP contribution < -0.4 is 10.6 Å². The summed E-state index contributed by atoms with van der Waals surface area (Å²) in [6.07, 6.45) is -0.901. The van der Waals surface area contributed by atoms with Crippen molar-refractivity contribution in [1.82, 2.24) is 5.06 Å². The molecule has 5 rings (SSSR count). The van der Waals surface area contributed by atoms with E-state index in [2.05, 4.69) is 10.6 Å². The number of anilines is 2. The van der Waals surface area contributed by atoms with Crippen molar-refractivity contribution < 1.29 is 24.3 Å². The van der Waals surface area contributed by atoms with Crippen molar-refractivity contribution >= 4 is 50.8 Å². The van der Waals surface area contributed by atoms with E-state index in [1.54, 1.807) is 6.07 Å². The first-order valence-electron chi connectivity index (χ1n) is 11.3. The van der Waals surface area contributed by atoms with Gasteiger partial charge >= 0.3 is 6.09 Å². The van der Waals surface area contributed by atoms with Crippen LogP contribution in [0.15, 0.2) is 72.8 Å². The molecule has 0 saturated carbocycles.